The van der Waals surface area contributed by atoms with Gasteiger partial charge in [0, 0.05) is 0 Å². The number of rotatable bonds is 4. The van der Waals surface area contributed by atoms with Crippen molar-refractivity contribution in [2.24, 2.45) is 35.6 Å². The Balaban J connectivity index is 2.02. The van der Waals surface area contributed by atoms with Crippen molar-refractivity contribution in [2.75, 3.05) is 0 Å². The second-order valence-electron chi connectivity index (χ2n) is 4.96. The van der Waals surface area contributed by atoms with Crippen LogP contribution in [-0.4, -0.2) is 0 Å². The monoisotopic (exact) mass is 385 g/mol. The zero-order valence-electron chi connectivity index (χ0n) is 12.6. The highest BCUT2D eigenvalue weighted by atomic mass is 31.3. The summed E-state index contributed by atoms with van der Waals surface area (Å²) in [4.78, 5) is 0. The molecular formula is C12H18N7O2P3. The highest BCUT2D eigenvalue weighted by Crippen LogP contribution is 2.68. The summed E-state index contributed by atoms with van der Waals surface area (Å²) in [6, 6.07) is 17.8. The molecule has 24 heavy (non-hydrogen) atoms. The van der Waals surface area contributed by atoms with E-state index in [1.807, 2.05) is 12.1 Å². The molecule has 2 atom stereocenters. The van der Waals surface area contributed by atoms with Gasteiger partial charge < -0.3 is 9.05 Å². The fraction of sp³-hybridized carbons (Fsp3) is 0. The molecule has 2 aromatic carbocycles. The molecule has 0 saturated carbocycles. The highest BCUT2D eigenvalue weighted by molar-refractivity contribution is 7.81. The van der Waals surface area contributed by atoms with Crippen LogP contribution in [0.5, 0.6) is 11.5 Å². The number of nitrogens with two attached hydrogens (primary N) is 4. The van der Waals surface area contributed by atoms with Gasteiger partial charge in [0.15, 0.2) is 0 Å². The summed E-state index contributed by atoms with van der Waals surface area (Å²) < 4.78 is 24.1. The second kappa shape index (κ2) is 6.47. The molecule has 1 aliphatic heterocycles. The van der Waals surface area contributed by atoms with Gasteiger partial charge in [-0.15, -0.1) is 4.52 Å². The minimum absolute atomic E-state index is 0.494. The van der Waals surface area contributed by atoms with E-state index in [1.165, 1.54) is 0 Å². The fourth-order valence-corrected chi connectivity index (χ4v) is 9.59. The lowest BCUT2D eigenvalue weighted by Crippen LogP contribution is -2.13. The first-order chi connectivity index (χ1) is 11.3. The molecule has 0 aromatic heterocycles. The average molecular weight is 385 g/mol. The van der Waals surface area contributed by atoms with E-state index in [9.17, 15) is 0 Å². The van der Waals surface area contributed by atoms with Crippen molar-refractivity contribution in [3.05, 3.63) is 60.7 Å². The molecular weight excluding hydrogens is 367 g/mol. The van der Waals surface area contributed by atoms with Gasteiger partial charge in [-0.3, -0.25) is 11.0 Å². The van der Waals surface area contributed by atoms with Gasteiger partial charge in [0.1, 0.15) is 11.5 Å². The molecule has 1 aliphatic rings. The molecule has 128 valence electrons. The largest absolute Gasteiger partial charge is 0.431 e. The molecule has 0 bridgehead atoms. The summed E-state index contributed by atoms with van der Waals surface area (Å²) in [5, 5.41) is 0. The molecule has 0 saturated heterocycles. The van der Waals surface area contributed by atoms with Gasteiger partial charge in [0.25, 0.3) is 0 Å². The lowest BCUT2D eigenvalue weighted by atomic mass is 10.3. The average Bonchev–Trinajstić information content (AvgIpc) is 2.45. The number of hydrogen-bond acceptors (Lipinski definition) is 9. The van der Waals surface area contributed by atoms with Crippen molar-refractivity contribution >= 4 is 22.7 Å². The van der Waals surface area contributed by atoms with Gasteiger partial charge in [-0.2, -0.15) is 9.03 Å². The van der Waals surface area contributed by atoms with Crippen LogP contribution >= 0.6 is 22.7 Å². The zero-order valence-corrected chi connectivity index (χ0v) is 15.3. The molecule has 0 amide bonds. The van der Waals surface area contributed by atoms with E-state index in [4.69, 9.17) is 31.1 Å². The Morgan fingerprint density at radius 2 is 1.00 bits per heavy atom. The molecule has 0 spiro atoms. The van der Waals surface area contributed by atoms with Crippen molar-refractivity contribution in [1.82, 2.24) is 0 Å². The van der Waals surface area contributed by atoms with Crippen molar-refractivity contribution in [3.63, 3.8) is 0 Å². The van der Waals surface area contributed by atoms with Crippen molar-refractivity contribution in [1.29, 1.82) is 0 Å². The third kappa shape index (κ3) is 4.35. The SMILES string of the molecule is NP1(N)=NP(N)(Oc2ccccc2)=NP(N)(Oc2ccccc2)=N1. The van der Waals surface area contributed by atoms with Gasteiger partial charge in [-0.25, -0.2) is 11.0 Å². The number of hydrogen-bond donors (Lipinski definition) is 4. The first kappa shape index (κ1) is 17.4. The van der Waals surface area contributed by atoms with Crippen LogP contribution < -0.4 is 31.1 Å². The molecule has 0 fully saturated rings. The third-order valence-electron chi connectivity index (χ3n) is 2.77. The predicted molar refractivity (Wildman–Crippen MR) is 98.9 cm³/mol. The Labute approximate surface area is 140 Å². The van der Waals surface area contributed by atoms with Crippen LogP contribution in [0.3, 0.4) is 0 Å². The summed E-state index contributed by atoms with van der Waals surface area (Å²) in [7, 11) is -9.52. The van der Waals surface area contributed by atoms with Gasteiger partial charge >= 0.3 is 15.2 Å². The number of nitrogens with zero attached hydrogens (tertiary/aromatic N) is 3. The van der Waals surface area contributed by atoms with Crippen LogP contribution in [0.4, 0.5) is 0 Å². The topological polar surface area (TPSA) is 160 Å². The van der Waals surface area contributed by atoms with Crippen LogP contribution in [0.1, 0.15) is 0 Å². The number of benzene rings is 2. The maximum Gasteiger partial charge on any atom is 0.330 e. The molecule has 9 nitrogen and oxygen atoms in total. The zero-order chi connectivity index (χ0) is 17.3. The van der Waals surface area contributed by atoms with E-state index in [-0.39, 0.29) is 0 Å². The minimum atomic E-state index is -3.21. The summed E-state index contributed by atoms with van der Waals surface area (Å²) in [5.74, 6) is 0.989. The van der Waals surface area contributed by atoms with Crippen molar-refractivity contribution < 1.29 is 9.05 Å². The van der Waals surface area contributed by atoms with Gasteiger partial charge in [0.05, 0.1) is 0 Å². The molecule has 0 radical (unpaired) electrons. The third-order valence-corrected chi connectivity index (χ3v) is 10.1. The van der Waals surface area contributed by atoms with E-state index < -0.39 is 22.7 Å². The first-order valence-electron chi connectivity index (χ1n) is 6.83. The van der Waals surface area contributed by atoms with Crippen LogP contribution in [0.15, 0.2) is 74.2 Å². The predicted octanol–water partition coefficient (Wildman–Crippen LogP) is 3.83. The summed E-state index contributed by atoms with van der Waals surface area (Å²) >= 11 is 0. The van der Waals surface area contributed by atoms with Gasteiger partial charge in [-0.05, 0) is 24.3 Å². The lowest BCUT2D eigenvalue weighted by molar-refractivity contribution is 0.592. The Kier molecular flexibility index (Phi) is 4.69. The Morgan fingerprint density at radius 1 is 0.583 bits per heavy atom. The molecule has 8 N–H and O–H groups in total. The molecule has 2 unspecified atom stereocenters. The maximum atomic E-state index is 6.23. The number of para-hydroxylation sites is 2. The van der Waals surface area contributed by atoms with Gasteiger partial charge in [0.2, 0.25) is 7.51 Å². The van der Waals surface area contributed by atoms with Gasteiger partial charge in [-0.1, -0.05) is 36.4 Å². The lowest BCUT2D eigenvalue weighted by Gasteiger charge is -2.28. The second-order valence-corrected chi connectivity index (χ2v) is 11.2. The summed E-state index contributed by atoms with van der Waals surface area (Å²) in [6.45, 7) is 0. The molecule has 1 heterocycles. The quantitative estimate of drug-likeness (QED) is 0.585. The van der Waals surface area contributed by atoms with E-state index in [0.717, 1.165) is 0 Å². The van der Waals surface area contributed by atoms with Crippen LogP contribution in [0, 0.1) is 0 Å². The van der Waals surface area contributed by atoms with E-state index in [1.54, 1.807) is 48.5 Å². The first-order valence-corrected chi connectivity index (χ1v) is 12.0. The van der Waals surface area contributed by atoms with Crippen LogP contribution in [0.2, 0.25) is 0 Å². The van der Waals surface area contributed by atoms with Crippen LogP contribution in [-0.2, 0) is 0 Å². The molecule has 0 aliphatic carbocycles. The maximum absolute atomic E-state index is 6.23. The van der Waals surface area contributed by atoms with Crippen LogP contribution in [0.25, 0.3) is 0 Å². The molecule has 2 aromatic rings. The van der Waals surface area contributed by atoms with E-state index in [0.29, 0.717) is 11.5 Å². The fourth-order valence-electron chi connectivity index (χ4n) is 1.99. The normalized spacial score (nSPS) is 28.0. The Hall–Kier alpha value is -1.43. The van der Waals surface area contributed by atoms with Crippen molar-refractivity contribution in [2.45, 2.75) is 0 Å². The molecule has 3 rings (SSSR count). The van der Waals surface area contributed by atoms with Crippen molar-refractivity contribution in [3.8, 4) is 11.5 Å². The smallest absolute Gasteiger partial charge is 0.330 e. The van der Waals surface area contributed by atoms with E-state index in [2.05, 4.69) is 13.5 Å². The Bertz CT molecular complexity index is 848. The summed E-state index contributed by atoms with van der Waals surface area (Å²) in [5.41, 5.74) is 24.4. The Morgan fingerprint density at radius 3 is 1.46 bits per heavy atom. The van der Waals surface area contributed by atoms with E-state index >= 15 is 0 Å². The standard InChI is InChI=1S/C12H18N7O2P3/c13-22(14)17-23(15,20-11-7-3-1-4-8-11)19-24(16,18-22)21-12-9-5-2-6-10-12/h1-10H,13-16H2. The molecule has 12 heteroatoms. The summed E-state index contributed by atoms with van der Waals surface area (Å²) in [6.07, 6.45) is 0. The minimum Gasteiger partial charge on any atom is -0.431 e. The highest BCUT2D eigenvalue weighted by Gasteiger charge is 2.33.